The van der Waals surface area contributed by atoms with Gasteiger partial charge in [-0.1, -0.05) is 23.4 Å². The zero-order valence-corrected chi connectivity index (χ0v) is 17.0. The number of benzene rings is 2. The third-order valence-electron chi connectivity index (χ3n) is 4.30. The molecule has 0 N–H and O–H groups in total. The topological polar surface area (TPSA) is 83.5 Å². The molecule has 1 heterocycles. The van der Waals surface area contributed by atoms with E-state index in [9.17, 15) is 31.1 Å². The number of rotatable bonds is 6. The lowest BCUT2D eigenvalue weighted by Crippen LogP contribution is -2.24. The minimum absolute atomic E-state index is 0.0744. The lowest BCUT2D eigenvalue weighted by Gasteiger charge is -2.15. The average molecular weight is 475 g/mol. The number of aromatic nitrogens is 4. The molecule has 8 nitrogen and oxygen atoms in total. The van der Waals surface area contributed by atoms with Crippen molar-refractivity contribution in [2.24, 2.45) is 12.2 Å². The summed E-state index contributed by atoms with van der Waals surface area (Å²) in [5.41, 5.74) is -2.24. The van der Waals surface area contributed by atoms with E-state index in [1.54, 1.807) is 0 Å². The number of hydrogen-bond donors (Lipinski definition) is 0. The molecule has 0 aliphatic carbocycles. The standard InChI is InChI=1S/C19H15F6N5O3/c1-11(12-5-3-6-13(9-12)33-19(23,24)25)26-32-10-14-15(18(20,21)22)7-4-8-16(14)30-17(31)29(2)27-28-30/h3-9H,10H2,1-2H3. The first kappa shape index (κ1) is 23.8. The van der Waals surface area contributed by atoms with Crippen molar-refractivity contribution in [3.63, 3.8) is 0 Å². The Labute approximate surface area is 181 Å². The van der Waals surface area contributed by atoms with Gasteiger partial charge in [-0.05, 0) is 41.6 Å². The highest BCUT2D eigenvalue weighted by molar-refractivity contribution is 5.98. The van der Waals surface area contributed by atoms with Crippen LogP contribution in [0, 0.1) is 0 Å². The normalized spacial score (nSPS) is 12.7. The quantitative estimate of drug-likeness (QED) is 0.308. The number of nitrogens with zero attached hydrogens (tertiary/aromatic N) is 5. The number of tetrazole rings is 1. The summed E-state index contributed by atoms with van der Waals surface area (Å²) in [6.07, 6.45) is -9.67. The van der Waals surface area contributed by atoms with E-state index in [2.05, 4.69) is 20.3 Å². The smallest absolute Gasteiger partial charge is 0.406 e. The van der Waals surface area contributed by atoms with Crippen LogP contribution in [0.15, 0.2) is 52.4 Å². The summed E-state index contributed by atoms with van der Waals surface area (Å²) < 4.78 is 83.2. The summed E-state index contributed by atoms with van der Waals surface area (Å²) in [5.74, 6) is -0.499. The van der Waals surface area contributed by atoms with Gasteiger partial charge in [-0.25, -0.2) is 4.79 Å². The second-order valence-corrected chi connectivity index (χ2v) is 6.62. The molecule has 0 atom stereocenters. The van der Waals surface area contributed by atoms with Crippen LogP contribution in [-0.4, -0.2) is 31.9 Å². The van der Waals surface area contributed by atoms with Crippen molar-refractivity contribution in [3.8, 4) is 11.4 Å². The number of ether oxygens (including phenoxy) is 1. The van der Waals surface area contributed by atoms with E-state index in [1.165, 1.54) is 32.2 Å². The molecule has 0 saturated heterocycles. The number of halogens is 6. The minimum atomic E-state index is -4.89. The average Bonchev–Trinajstić information content (AvgIpc) is 3.04. The van der Waals surface area contributed by atoms with Gasteiger partial charge in [0.2, 0.25) is 0 Å². The fourth-order valence-corrected chi connectivity index (χ4v) is 2.82. The minimum Gasteiger partial charge on any atom is -0.406 e. The van der Waals surface area contributed by atoms with E-state index in [-0.39, 0.29) is 17.0 Å². The molecule has 0 amide bonds. The first-order chi connectivity index (χ1) is 15.4. The monoisotopic (exact) mass is 475 g/mol. The predicted octanol–water partition coefficient (Wildman–Crippen LogP) is 3.82. The van der Waals surface area contributed by atoms with Crippen LogP contribution in [-0.2, 0) is 24.7 Å². The van der Waals surface area contributed by atoms with Gasteiger partial charge in [-0.3, -0.25) is 0 Å². The zero-order chi connectivity index (χ0) is 24.4. The van der Waals surface area contributed by atoms with Crippen LogP contribution in [0.2, 0.25) is 0 Å². The summed E-state index contributed by atoms with van der Waals surface area (Å²) in [6.45, 7) is 0.667. The molecule has 0 radical (unpaired) electrons. The molecule has 3 aromatic rings. The van der Waals surface area contributed by atoms with Crippen molar-refractivity contribution < 1.29 is 35.9 Å². The maximum atomic E-state index is 13.6. The molecule has 14 heteroatoms. The highest BCUT2D eigenvalue weighted by atomic mass is 19.4. The largest absolute Gasteiger partial charge is 0.573 e. The van der Waals surface area contributed by atoms with Gasteiger partial charge in [0.1, 0.15) is 12.4 Å². The molecular weight excluding hydrogens is 460 g/mol. The summed E-state index contributed by atoms with van der Waals surface area (Å²) in [6, 6.07) is 7.96. The van der Waals surface area contributed by atoms with Gasteiger partial charge in [-0.2, -0.15) is 22.5 Å². The molecule has 0 unspecified atom stereocenters. The number of aryl methyl sites for hydroxylation is 1. The molecule has 0 fully saturated rings. The molecule has 1 aromatic heterocycles. The van der Waals surface area contributed by atoms with E-state index < -0.39 is 41.7 Å². The molecule has 33 heavy (non-hydrogen) atoms. The summed E-state index contributed by atoms with van der Waals surface area (Å²) in [7, 11) is 1.28. The second-order valence-electron chi connectivity index (χ2n) is 6.62. The van der Waals surface area contributed by atoms with Crippen molar-refractivity contribution in [1.82, 2.24) is 19.8 Å². The van der Waals surface area contributed by atoms with Crippen molar-refractivity contribution in [2.45, 2.75) is 26.1 Å². The van der Waals surface area contributed by atoms with Crippen molar-refractivity contribution in [1.29, 1.82) is 0 Å². The first-order valence-electron chi connectivity index (χ1n) is 9.08. The van der Waals surface area contributed by atoms with E-state index in [0.29, 0.717) is 4.68 Å². The molecule has 0 bridgehead atoms. The Morgan fingerprint density at radius 3 is 2.36 bits per heavy atom. The Morgan fingerprint density at radius 1 is 1.06 bits per heavy atom. The molecule has 176 valence electrons. The van der Waals surface area contributed by atoms with E-state index in [4.69, 9.17) is 4.84 Å². The van der Waals surface area contributed by atoms with Crippen LogP contribution in [0.3, 0.4) is 0 Å². The highest BCUT2D eigenvalue weighted by Crippen LogP contribution is 2.34. The highest BCUT2D eigenvalue weighted by Gasteiger charge is 2.35. The third-order valence-corrected chi connectivity index (χ3v) is 4.30. The Hall–Kier alpha value is -3.84. The molecular formula is C19H15F6N5O3. The molecule has 3 rings (SSSR count). The SMILES string of the molecule is CC(=NOCc1c(-n2nnn(C)c2=O)cccc1C(F)(F)F)c1cccc(OC(F)(F)F)c1. The predicted molar refractivity (Wildman–Crippen MR) is 102 cm³/mol. The lowest BCUT2D eigenvalue weighted by molar-refractivity contribution is -0.274. The Bertz CT molecular complexity index is 1230. The number of oxime groups is 1. The zero-order valence-electron chi connectivity index (χ0n) is 17.0. The lowest BCUT2D eigenvalue weighted by atomic mass is 10.1. The third kappa shape index (κ3) is 5.70. The van der Waals surface area contributed by atoms with Gasteiger partial charge in [0.05, 0.1) is 17.0 Å². The van der Waals surface area contributed by atoms with Gasteiger partial charge in [0.25, 0.3) is 0 Å². The van der Waals surface area contributed by atoms with E-state index in [1.807, 2.05) is 0 Å². The fourth-order valence-electron chi connectivity index (χ4n) is 2.82. The summed E-state index contributed by atoms with van der Waals surface area (Å²) in [5, 5.41) is 10.7. The Balaban J connectivity index is 1.91. The molecule has 0 spiro atoms. The van der Waals surface area contributed by atoms with Crippen LogP contribution in [0.1, 0.15) is 23.6 Å². The van der Waals surface area contributed by atoms with Gasteiger partial charge < -0.3 is 9.57 Å². The van der Waals surface area contributed by atoms with Crippen molar-refractivity contribution >= 4 is 5.71 Å². The molecule has 0 aliphatic rings. The molecule has 2 aromatic carbocycles. The van der Waals surface area contributed by atoms with Crippen LogP contribution in [0.25, 0.3) is 5.69 Å². The van der Waals surface area contributed by atoms with Gasteiger partial charge >= 0.3 is 18.2 Å². The second kappa shape index (κ2) is 8.96. The van der Waals surface area contributed by atoms with Crippen molar-refractivity contribution in [2.75, 3.05) is 0 Å². The number of alkyl halides is 6. The molecule has 0 saturated carbocycles. The van der Waals surface area contributed by atoms with E-state index >= 15 is 0 Å². The first-order valence-corrected chi connectivity index (χ1v) is 9.08. The van der Waals surface area contributed by atoms with Gasteiger partial charge in [0, 0.05) is 18.2 Å². The maximum absolute atomic E-state index is 13.6. The van der Waals surface area contributed by atoms with Gasteiger partial charge in [0.15, 0.2) is 0 Å². The Kier molecular flexibility index (Phi) is 6.46. The van der Waals surface area contributed by atoms with E-state index in [0.717, 1.165) is 28.9 Å². The number of hydrogen-bond acceptors (Lipinski definition) is 6. The van der Waals surface area contributed by atoms with Crippen LogP contribution in [0.5, 0.6) is 5.75 Å². The fraction of sp³-hybridized carbons (Fsp3) is 0.263. The van der Waals surface area contributed by atoms with Crippen LogP contribution < -0.4 is 10.4 Å². The molecule has 0 aliphatic heterocycles. The van der Waals surface area contributed by atoms with Crippen LogP contribution in [0.4, 0.5) is 26.3 Å². The Morgan fingerprint density at radius 2 is 1.76 bits per heavy atom. The van der Waals surface area contributed by atoms with Crippen molar-refractivity contribution in [3.05, 3.63) is 69.6 Å². The van der Waals surface area contributed by atoms with Crippen LogP contribution >= 0.6 is 0 Å². The summed E-state index contributed by atoms with van der Waals surface area (Å²) in [4.78, 5) is 17.2. The summed E-state index contributed by atoms with van der Waals surface area (Å²) >= 11 is 0. The van der Waals surface area contributed by atoms with Gasteiger partial charge in [-0.15, -0.1) is 13.2 Å². The maximum Gasteiger partial charge on any atom is 0.573 e.